The van der Waals surface area contributed by atoms with Crippen LogP contribution in [0.2, 0.25) is 0 Å². The Balaban J connectivity index is 1.34. The molecule has 0 bridgehead atoms. The molecule has 0 spiro atoms. The molecule has 1 saturated heterocycles. The molecule has 1 aromatic heterocycles. The topological polar surface area (TPSA) is 92.4 Å². The number of aromatic nitrogens is 2. The van der Waals surface area contributed by atoms with Gasteiger partial charge in [0.2, 0.25) is 5.91 Å². The highest BCUT2D eigenvalue weighted by Crippen LogP contribution is 2.33. The molecule has 3 heterocycles. The van der Waals surface area contributed by atoms with Crippen LogP contribution in [0.15, 0.2) is 12.4 Å². The molecule has 7 nitrogen and oxygen atoms in total. The molecule has 0 radical (unpaired) electrons. The molecule has 3 aliphatic rings. The highest BCUT2D eigenvalue weighted by Gasteiger charge is 2.39. The molecule has 2 fully saturated rings. The number of nitrogens with two attached hydrogens (primary N) is 1. The Kier molecular flexibility index (Phi) is 4.41. The molecular formula is C18H25N5O2. The van der Waals surface area contributed by atoms with Crippen LogP contribution in [0, 0.1) is 5.92 Å². The molecule has 1 aromatic rings. The van der Waals surface area contributed by atoms with E-state index in [0.29, 0.717) is 12.2 Å². The van der Waals surface area contributed by atoms with Crippen LogP contribution in [0.25, 0.3) is 0 Å². The minimum absolute atomic E-state index is 0.0102. The fourth-order valence-electron chi connectivity index (χ4n) is 4.45. The smallest absolute Gasteiger partial charge is 0.275 e. The Hall–Kier alpha value is -2.02. The van der Waals surface area contributed by atoms with E-state index in [2.05, 4.69) is 9.97 Å². The Labute approximate surface area is 147 Å². The molecule has 4 rings (SSSR count). The molecule has 1 aliphatic carbocycles. The lowest BCUT2D eigenvalue weighted by molar-refractivity contribution is -0.133. The molecule has 2 amide bonds. The zero-order chi connectivity index (χ0) is 17.4. The van der Waals surface area contributed by atoms with Crippen LogP contribution >= 0.6 is 0 Å². The summed E-state index contributed by atoms with van der Waals surface area (Å²) in [5, 5.41) is 0. The molecule has 2 N–H and O–H groups in total. The summed E-state index contributed by atoms with van der Waals surface area (Å²) >= 11 is 0. The number of carbonyl (C=O) groups excluding carboxylic acids is 2. The van der Waals surface area contributed by atoms with Gasteiger partial charge in [0.25, 0.3) is 5.91 Å². The van der Waals surface area contributed by atoms with Gasteiger partial charge in [0.15, 0.2) is 5.69 Å². The number of hydrogen-bond acceptors (Lipinski definition) is 5. The average Bonchev–Trinajstić information content (AvgIpc) is 3.30. The average molecular weight is 343 g/mol. The van der Waals surface area contributed by atoms with E-state index in [4.69, 9.17) is 5.73 Å². The number of likely N-dealkylation sites (tertiary alicyclic amines) is 1. The predicted molar refractivity (Wildman–Crippen MR) is 91.4 cm³/mol. The van der Waals surface area contributed by atoms with Crippen molar-refractivity contribution in [2.45, 2.75) is 57.2 Å². The van der Waals surface area contributed by atoms with Crippen molar-refractivity contribution in [1.29, 1.82) is 0 Å². The summed E-state index contributed by atoms with van der Waals surface area (Å²) in [5.74, 6) is 0.323. The summed E-state index contributed by atoms with van der Waals surface area (Å²) in [6.07, 6.45) is 8.96. The van der Waals surface area contributed by atoms with E-state index in [0.717, 1.165) is 57.3 Å². The Bertz CT molecular complexity index is 665. The van der Waals surface area contributed by atoms with Gasteiger partial charge in [0.05, 0.1) is 18.3 Å². The van der Waals surface area contributed by atoms with Gasteiger partial charge < -0.3 is 15.5 Å². The Morgan fingerprint density at radius 1 is 1.12 bits per heavy atom. The third kappa shape index (κ3) is 3.01. The minimum Gasteiger partial charge on any atom is -0.341 e. The van der Waals surface area contributed by atoms with E-state index in [9.17, 15) is 9.59 Å². The fraction of sp³-hybridized carbons (Fsp3) is 0.667. The number of amides is 2. The third-order valence-electron chi connectivity index (χ3n) is 5.95. The van der Waals surface area contributed by atoms with Crippen LogP contribution in [0.3, 0.4) is 0 Å². The first kappa shape index (κ1) is 16.4. The molecule has 25 heavy (non-hydrogen) atoms. The second-order valence-corrected chi connectivity index (χ2v) is 7.41. The van der Waals surface area contributed by atoms with E-state index >= 15 is 0 Å². The first-order valence-corrected chi connectivity index (χ1v) is 9.30. The minimum atomic E-state index is -0.395. The fourth-order valence-corrected chi connectivity index (χ4v) is 4.45. The molecule has 7 heteroatoms. The van der Waals surface area contributed by atoms with Gasteiger partial charge >= 0.3 is 0 Å². The summed E-state index contributed by atoms with van der Waals surface area (Å²) in [7, 11) is 0. The molecule has 0 unspecified atom stereocenters. The highest BCUT2D eigenvalue weighted by atomic mass is 16.2. The quantitative estimate of drug-likeness (QED) is 0.882. The van der Waals surface area contributed by atoms with E-state index in [1.807, 2.05) is 9.80 Å². The lowest BCUT2D eigenvalue weighted by Crippen LogP contribution is -2.49. The number of nitrogens with zero attached hydrogens (tertiary/aromatic N) is 4. The second-order valence-electron chi connectivity index (χ2n) is 7.41. The molecule has 1 saturated carbocycles. The van der Waals surface area contributed by atoms with Gasteiger partial charge in [-0.25, -0.2) is 4.98 Å². The second kappa shape index (κ2) is 6.71. The SMILES string of the molecule is N[C@H](C(=O)N1CCCC1)[C@H]1CC[C@H](N2Cc3nccnc3C2=O)CC1. The maximum atomic E-state index is 12.5. The van der Waals surface area contributed by atoms with E-state index in [-0.39, 0.29) is 23.8 Å². The number of carbonyl (C=O) groups is 2. The summed E-state index contributed by atoms with van der Waals surface area (Å²) in [5.41, 5.74) is 7.54. The predicted octanol–water partition coefficient (Wildman–Crippen LogP) is 0.941. The van der Waals surface area contributed by atoms with E-state index in [1.54, 1.807) is 12.4 Å². The zero-order valence-corrected chi connectivity index (χ0v) is 14.4. The maximum Gasteiger partial charge on any atom is 0.275 e. The Morgan fingerprint density at radius 2 is 1.80 bits per heavy atom. The van der Waals surface area contributed by atoms with Gasteiger partial charge in [0.1, 0.15) is 0 Å². The van der Waals surface area contributed by atoms with Crippen LogP contribution in [0.4, 0.5) is 0 Å². The highest BCUT2D eigenvalue weighted by molar-refractivity contribution is 5.96. The number of fused-ring (bicyclic) bond motifs is 1. The summed E-state index contributed by atoms with van der Waals surface area (Å²) < 4.78 is 0. The normalized spacial score (nSPS) is 27.5. The van der Waals surface area contributed by atoms with E-state index in [1.165, 1.54) is 0 Å². The van der Waals surface area contributed by atoms with Crippen LogP contribution in [-0.2, 0) is 11.3 Å². The van der Waals surface area contributed by atoms with Crippen molar-refractivity contribution in [2.24, 2.45) is 11.7 Å². The number of rotatable bonds is 3. The lowest BCUT2D eigenvalue weighted by atomic mass is 9.81. The molecular weight excluding hydrogens is 318 g/mol. The summed E-state index contributed by atoms with van der Waals surface area (Å²) in [4.78, 5) is 37.3. The van der Waals surface area contributed by atoms with Crippen LogP contribution < -0.4 is 5.73 Å². The molecule has 134 valence electrons. The van der Waals surface area contributed by atoms with E-state index < -0.39 is 6.04 Å². The van der Waals surface area contributed by atoms with Gasteiger partial charge in [-0.3, -0.25) is 14.6 Å². The van der Waals surface area contributed by atoms with Crippen LogP contribution in [-0.4, -0.2) is 56.8 Å². The van der Waals surface area contributed by atoms with Gasteiger partial charge in [0, 0.05) is 31.5 Å². The summed E-state index contributed by atoms with van der Waals surface area (Å²) in [6.45, 7) is 2.25. The van der Waals surface area contributed by atoms with Gasteiger partial charge in [-0.05, 0) is 44.4 Å². The third-order valence-corrected chi connectivity index (χ3v) is 5.95. The first-order chi connectivity index (χ1) is 12.1. The summed E-state index contributed by atoms with van der Waals surface area (Å²) in [6, 6.07) is -0.192. The van der Waals surface area contributed by atoms with Crippen molar-refractivity contribution in [3.8, 4) is 0 Å². The van der Waals surface area contributed by atoms with Crippen LogP contribution in [0.1, 0.15) is 54.7 Å². The lowest BCUT2D eigenvalue weighted by Gasteiger charge is -2.36. The zero-order valence-electron chi connectivity index (χ0n) is 14.4. The standard InChI is InChI=1S/C18H25N5O2/c19-15(17(24)22-9-1-2-10-22)12-3-5-13(6-4-12)23-11-14-16(18(23)25)21-8-7-20-14/h7-8,12-13,15H,1-6,9-11,19H2/t12-,13-,15-/m0/s1. The Morgan fingerprint density at radius 3 is 2.48 bits per heavy atom. The van der Waals surface area contributed by atoms with Gasteiger partial charge in [-0.15, -0.1) is 0 Å². The largest absolute Gasteiger partial charge is 0.341 e. The molecule has 0 aromatic carbocycles. The van der Waals surface area contributed by atoms with Gasteiger partial charge in [-0.1, -0.05) is 0 Å². The van der Waals surface area contributed by atoms with Crippen molar-refractivity contribution in [2.75, 3.05) is 13.1 Å². The maximum absolute atomic E-state index is 12.5. The van der Waals surface area contributed by atoms with Gasteiger partial charge in [-0.2, -0.15) is 0 Å². The van der Waals surface area contributed by atoms with Crippen molar-refractivity contribution >= 4 is 11.8 Å². The van der Waals surface area contributed by atoms with Crippen molar-refractivity contribution in [3.05, 3.63) is 23.8 Å². The van der Waals surface area contributed by atoms with Crippen molar-refractivity contribution in [1.82, 2.24) is 19.8 Å². The first-order valence-electron chi connectivity index (χ1n) is 9.30. The monoisotopic (exact) mass is 343 g/mol. The number of hydrogen-bond donors (Lipinski definition) is 1. The van der Waals surface area contributed by atoms with Crippen LogP contribution in [0.5, 0.6) is 0 Å². The van der Waals surface area contributed by atoms with Crippen molar-refractivity contribution < 1.29 is 9.59 Å². The molecule has 2 aliphatic heterocycles. The van der Waals surface area contributed by atoms with Crippen molar-refractivity contribution in [3.63, 3.8) is 0 Å². The molecule has 1 atom stereocenters.